The fourth-order valence-corrected chi connectivity index (χ4v) is 3.77. The van der Waals surface area contributed by atoms with Crippen molar-refractivity contribution in [3.8, 4) is 0 Å². The molecule has 2 heterocycles. The summed E-state index contributed by atoms with van der Waals surface area (Å²) in [4.78, 5) is 24.7. The highest BCUT2D eigenvalue weighted by atomic mass is 32.2. The average molecular weight is 300 g/mol. The predicted octanol–water partition coefficient (Wildman–Crippen LogP) is 0.379. The topological polar surface area (TPSA) is 89.9 Å². The number of hydrogen-bond acceptors (Lipinski definition) is 5. The van der Waals surface area contributed by atoms with Crippen LogP contribution < -0.4 is 5.32 Å². The Balaban J connectivity index is 1.97. The van der Waals surface area contributed by atoms with Crippen LogP contribution in [0.4, 0.5) is 0 Å². The van der Waals surface area contributed by atoms with E-state index in [1.54, 1.807) is 0 Å². The second-order valence-electron chi connectivity index (χ2n) is 4.99. The molecule has 0 aromatic carbocycles. The van der Waals surface area contributed by atoms with Gasteiger partial charge in [-0.1, -0.05) is 19.8 Å². The van der Waals surface area contributed by atoms with Crippen LogP contribution in [0.2, 0.25) is 0 Å². The van der Waals surface area contributed by atoms with E-state index < -0.39 is 11.2 Å². The zero-order chi connectivity index (χ0) is 14.7. The van der Waals surface area contributed by atoms with Crippen LogP contribution in [0.1, 0.15) is 26.2 Å². The Morgan fingerprint density at radius 2 is 2.25 bits per heavy atom. The molecule has 6 nitrogen and oxygen atoms in total. The SMILES string of the molecule is CCCCCNC1C(=O)N2C=C(CO)C(C(=O)O)S[C@H]12. The quantitative estimate of drug-likeness (QED) is 0.465. The highest BCUT2D eigenvalue weighted by Gasteiger charge is 2.51. The van der Waals surface area contributed by atoms with Crippen LogP contribution in [-0.4, -0.2) is 56.8 Å². The van der Waals surface area contributed by atoms with Crippen molar-refractivity contribution in [2.75, 3.05) is 13.2 Å². The summed E-state index contributed by atoms with van der Waals surface area (Å²) in [6.07, 6.45) is 4.74. The second-order valence-corrected chi connectivity index (χ2v) is 6.22. The Hall–Kier alpha value is -1.05. The number of unbranched alkanes of at least 4 members (excludes halogenated alkanes) is 2. The molecule has 0 radical (unpaired) electrons. The van der Waals surface area contributed by atoms with Crippen molar-refractivity contribution >= 4 is 23.6 Å². The number of carbonyl (C=O) groups excluding carboxylic acids is 1. The van der Waals surface area contributed by atoms with Crippen molar-refractivity contribution in [3.05, 3.63) is 11.8 Å². The number of amides is 1. The average Bonchev–Trinajstić information content (AvgIpc) is 2.45. The molecule has 1 fully saturated rings. The predicted molar refractivity (Wildman–Crippen MR) is 76.1 cm³/mol. The molecular formula is C13H20N2O4S. The van der Waals surface area contributed by atoms with Crippen LogP contribution in [-0.2, 0) is 9.59 Å². The Morgan fingerprint density at radius 1 is 1.50 bits per heavy atom. The van der Waals surface area contributed by atoms with E-state index in [4.69, 9.17) is 5.11 Å². The number of carboxylic acid groups (broad SMARTS) is 1. The molecule has 1 saturated heterocycles. The summed E-state index contributed by atoms with van der Waals surface area (Å²) >= 11 is 1.21. The Kier molecular flexibility index (Phi) is 5.06. The number of thioether (sulfide) groups is 1. The van der Waals surface area contributed by atoms with Gasteiger partial charge in [0.2, 0.25) is 5.91 Å². The Bertz CT molecular complexity index is 427. The normalized spacial score (nSPS) is 28.7. The lowest BCUT2D eigenvalue weighted by molar-refractivity contribution is -0.143. The number of aliphatic hydroxyl groups is 1. The number of aliphatic hydroxyl groups excluding tert-OH is 1. The van der Waals surface area contributed by atoms with Gasteiger partial charge in [0.1, 0.15) is 16.7 Å². The summed E-state index contributed by atoms with van der Waals surface area (Å²) in [6.45, 7) is 2.55. The molecule has 3 atom stereocenters. The molecule has 2 rings (SSSR count). The summed E-state index contributed by atoms with van der Waals surface area (Å²) in [5.74, 6) is -1.02. The number of β-lactam (4-membered cyclic amide) rings is 1. The summed E-state index contributed by atoms with van der Waals surface area (Å²) in [5, 5.41) is 20.6. The van der Waals surface area contributed by atoms with Gasteiger partial charge in [0.05, 0.1) is 6.61 Å². The number of fused-ring (bicyclic) bond motifs is 1. The van der Waals surface area contributed by atoms with Crippen molar-refractivity contribution in [2.24, 2.45) is 0 Å². The lowest BCUT2D eigenvalue weighted by atomic mass is 10.1. The maximum atomic E-state index is 12.0. The maximum Gasteiger partial charge on any atom is 0.321 e. The van der Waals surface area contributed by atoms with E-state index in [9.17, 15) is 14.7 Å². The number of rotatable bonds is 7. The lowest BCUT2D eigenvalue weighted by Gasteiger charge is -2.48. The molecule has 2 unspecified atom stereocenters. The molecule has 0 aromatic rings. The number of carboxylic acids is 1. The van der Waals surface area contributed by atoms with E-state index in [1.165, 1.54) is 22.9 Å². The van der Waals surface area contributed by atoms with Gasteiger partial charge in [-0.2, -0.15) is 0 Å². The van der Waals surface area contributed by atoms with Crippen LogP contribution in [0.25, 0.3) is 0 Å². The number of nitrogens with zero attached hydrogens (tertiary/aromatic N) is 1. The van der Waals surface area contributed by atoms with Crippen molar-refractivity contribution in [1.29, 1.82) is 0 Å². The minimum atomic E-state index is -0.973. The van der Waals surface area contributed by atoms with Crippen molar-refractivity contribution < 1.29 is 19.8 Å². The van der Waals surface area contributed by atoms with Gasteiger partial charge in [-0.15, -0.1) is 11.8 Å². The molecule has 7 heteroatoms. The summed E-state index contributed by atoms with van der Waals surface area (Å²) in [5.41, 5.74) is 0.372. The highest BCUT2D eigenvalue weighted by Crippen LogP contribution is 2.40. The van der Waals surface area contributed by atoms with Crippen LogP contribution in [0, 0.1) is 0 Å². The van der Waals surface area contributed by atoms with E-state index in [0.29, 0.717) is 5.57 Å². The summed E-state index contributed by atoms with van der Waals surface area (Å²) in [7, 11) is 0. The number of hydrogen-bond donors (Lipinski definition) is 3. The highest BCUT2D eigenvalue weighted by molar-refractivity contribution is 8.01. The van der Waals surface area contributed by atoms with Crippen molar-refractivity contribution in [2.45, 2.75) is 42.9 Å². The molecule has 3 N–H and O–H groups in total. The first-order valence-electron chi connectivity index (χ1n) is 6.85. The van der Waals surface area contributed by atoms with E-state index >= 15 is 0 Å². The number of aliphatic carboxylic acids is 1. The van der Waals surface area contributed by atoms with Crippen LogP contribution in [0.15, 0.2) is 11.8 Å². The van der Waals surface area contributed by atoms with Gasteiger partial charge in [0.25, 0.3) is 0 Å². The molecule has 112 valence electrons. The fourth-order valence-electron chi connectivity index (χ4n) is 2.40. The largest absolute Gasteiger partial charge is 0.480 e. The first-order chi connectivity index (χ1) is 9.60. The molecule has 0 aromatic heterocycles. The van der Waals surface area contributed by atoms with E-state index in [-0.39, 0.29) is 23.9 Å². The van der Waals surface area contributed by atoms with Gasteiger partial charge in [-0.3, -0.25) is 9.59 Å². The number of carbonyl (C=O) groups is 2. The first kappa shape index (κ1) is 15.3. The molecule has 0 saturated carbocycles. The lowest BCUT2D eigenvalue weighted by Crippen LogP contribution is -2.68. The fraction of sp³-hybridized carbons (Fsp3) is 0.692. The van der Waals surface area contributed by atoms with E-state index in [2.05, 4.69) is 12.2 Å². The zero-order valence-electron chi connectivity index (χ0n) is 11.4. The molecule has 20 heavy (non-hydrogen) atoms. The zero-order valence-corrected chi connectivity index (χ0v) is 12.2. The molecule has 0 aliphatic carbocycles. The molecular weight excluding hydrogens is 280 g/mol. The van der Waals surface area contributed by atoms with Crippen LogP contribution >= 0.6 is 11.8 Å². The smallest absolute Gasteiger partial charge is 0.321 e. The minimum Gasteiger partial charge on any atom is -0.480 e. The Labute approximate surface area is 122 Å². The van der Waals surface area contributed by atoms with E-state index in [0.717, 1.165) is 25.8 Å². The Morgan fingerprint density at radius 3 is 2.85 bits per heavy atom. The van der Waals surface area contributed by atoms with Crippen LogP contribution in [0.3, 0.4) is 0 Å². The molecule has 0 spiro atoms. The standard InChI is InChI=1S/C13H20N2O4S/c1-2-3-4-5-14-9-11(17)15-6-8(7-16)10(13(18)19)20-12(9)15/h6,9-10,12,14,16H,2-5,7H2,1H3,(H,18,19)/t9?,10?,12-/m1/s1. The van der Waals surface area contributed by atoms with Gasteiger partial charge in [-0.05, 0) is 18.5 Å². The summed E-state index contributed by atoms with van der Waals surface area (Å²) < 4.78 is 0. The van der Waals surface area contributed by atoms with Crippen molar-refractivity contribution in [3.63, 3.8) is 0 Å². The minimum absolute atomic E-state index is 0.0474. The number of nitrogens with one attached hydrogen (secondary N) is 1. The summed E-state index contributed by atoms with van der Waals surface area (Å²) in [6, 6.07) is -0.310. The molecule has 2 aliphatic rings. The van der Waals surface area contributed by atoms with Crippen molar-refractivity contribution in [1.82, 2.24) is 10.2 Å². The monoisotopic (exact) mass is 300 g/mol. The van der Waals surface area contributed by atoms with Gasteiger partial charge in [0.15, 0.2) is 0 Å². The van der Waals surface area contributed by atoms with Gasteiger partial charge in [-0.25, -0.2) is 0 Å². The van der Waals surface area contributed by atoms with Gasteiger partial charge < -0.3 is 20.4 Å². The maximum absolute atomic E-state index is 12.0. The van der Waals surface area contributed by atoms with Gasteiger partial charge in [0, 0.05) is 6.20 Å². The third-order valence-electron chi connectivity index (χ3n) is 3.55. The molecule has 2 aliphatic heterocycles. The van der Waals surface area contributed by atoms with E-state index in [1.807, 2.05) is 0 Å². The third kappa shape index (κ3) is 2.84. The first-order valence-corrected chi connectivity index (χ1v) is 7.79. The van der Waals surface area contributed by atoms with Gasteiger partial charge >= 0.3 is 5.97 Å². The van der Waals surface area contributed by atoms with Crippen LogP contribution in [0.5, 0.6) is 0 Å². The molecule has 1 amide bonds. The third-order valence-corrected chi connectivity index (χ3v) is 5.10. The molecule has 0 bridgehead atoms. The second kappa shape index (κ2) is 6.60.